The number of halogens is 3. The standard InChI is InChI=1S/C7H5ClI2O/c8-3-4-1-5(11)2-6(9)7(4)10/h1-2,11H,3H2. The first kappa shape index (κ1) is 9.85. The van der Waals surface area contributed by atoms with E-state index in [1.807, 2.05) is 0 Å². The molecule has 0 fully saturated rings. The van der Waals surface area contributed by atoms with Gasteiger partial charge in [0.1, 0.15) is 5.75 Å². The monoisotopic (exact) mass is 394 g/mol. The second-order valence-corrected chi connectivity index (χ2v) is 4.54. The number of benzene rings is 1. The molecule has 0 heterocycles. The van der Waals surface area contributed by atoms with Crippen molar-refractivity contribution in [1.82, 2.24) is 0 Å². The highest BCUT2D eigenvalue weighted by atomic mass is 127. The molecule has 0 aliphatic rings. The fourth-order valence-corrected chi connectivity index (χ4v) is 2.33. The van der Waals surface area contributed by atoms with Crippen LogP contribution in [0, 0.1) is 7.14 Å². The number of aromatic hydroxyl groups is 1. The van der Waals surface area contributed by atoms with Gasteiger partial charge in [0, 0.05) is 13.0 Å². The topological polar surface area (TPSA) is 20.2 Å². The molecule has 11 heavy (non-hydrogen) atoms. The van der Waals surface area contributed by atoms with Crippen LogP contribution in [-0.2, 0) is 5.88 Å². The van der Waals surface area contributed by atoms with Gasteiger partial charge in [-0.2, -0.15) is 0 Å². The number of phenols is 1. The van der Waals surface area contributed by atoms with Crippen molar-refractivity contribution < 1.29 is 5.11 Å². The van der Waals surface area contributed by atoms with Gasteiger partial charge in [-0.1, -0.05) is 0 Å². The van der Waals surface area contributed by atoms with Gasteiger partial charge in [0.15, 0.2) is 0 Å². The van der Waals surface area contributed by atoms with Crippen molar-refractivity contribution in [3.63, 3.8) is 0 Å². The summed E-state index contributed by atoms with van der Waals surface area (Å²) in [7, 11) is 0. The lowest BCUT2D eigenvalue weighted by Gasteiger charge is -2.03. The van der Waals surface area contributed by atoms with Crippen LogP contribution in [0.3, 0.4) is 0 Å². The average molecular weight is 394 g/mol. The fraction of sp³-hybridized carbons (Fsp3) is 0.143. The molecule has 1 nitrogen and oxygen atoms in total. The summed E-state index contributed by atoms with van der Waals surface area (Å²) in [5.74, 6) is 0.730. The molecule has 1 rings (SSSR count). The molecule has 0 saturated carbocycles. The second kappa shape index (κ2) is 4.13. The van der Waals surface area contributed by atoms with Gasteiger partial charge in [0.05, 0.1) is 0 Å². The van der Waals surface area contributed by atoms with Crippen molar-refractivity contribution in [2.24, 2.45) is 0 Å². The summed E-state index contributed by atoms with van der Waals surface area (Å²) >= 11 is 10.0. The number of rotatable bonds is 1. The zero-order chi connectivity index (χ0) is 8.43. The van der Waals surface area contributed by atoms with Gasteiger partial charge in [-0.05, 0) is 62.9 Å². The van der Waals surface area contributed by atoms with E-state index < -0.39 is 0 Å². The maximum absolute atomic E-state index is 9.18. The van der Waals surface area contributed by atoms with Crippen molar-refractivity contribution in [3.8, 4) is 5.75 Å². The highest BCUT2D eigenvalue weighted by Crippen LogP contribution is 2.25. The minimum absolute atomic E-state index is 0.283. The maximum atomic E-state index is 9.18. The van der Waals surface area contributed by atoms with Crippen molar-refractivity contribution >= 4 is 56.8 Å². The third-order valence-corrected chi connectivity index (χ3v) is 4.68. The fourth-order valence-electron chi connectivity index (χ4n) is 0.727. The van der Waals surface area contributed by atoms with Crippen LogP contribution >= 0.6 is 56.8 Å². The quantitative estimate of drug-likeness (QED) is 0.572. The molecule has 0 bridgehead atoms. The summed E-state index contributed by atoms with van der Waals surface area (Å²) < 4.78 is 2.16. The first-order chi connectivity index (χ1) is 5.15. The summed E-state index contributed by atoms with van der Waals surface area (Å²) in [6.07, 6.45) is 0. The van der Waals surface area contributed by atoms with Crippen LogP contribution in [0.15, 0.2) is 12.1 Å². The van der Waals surface area contributed by atoms with Crippen molar-refractivity contribution in [2.75, 3.05) is 0 Å². The van der Waals surface area contributed by atoms with Gasteiger partial charge in [-0.3, -0.25) is 0 Å². The lowest BCUT2D eigenvalue weighted by atomic mass is 10.2. The molecule has 1 aromatic rings. The summed E-state index contributed by atoms with van der Waals surface area (Å²) in [6.45, 7) is 0. The second-order valence-electron chi connectivity index (χ2n) is 2.03. The Hall–Kier alpha value is 0.770. The lowest BCUT2D eigenvalue weighted by molar-refractivity contribution is 0.474. The Bertz CT molecular complexity index is 275. The van der Waals surface area contributed by atoms with E-state index in [1.165, 1.54) is 0 Å². The van der Waals surface area contributed by atoms with E-state index in [4.69, 9.17) is 11.6 Å². The zero-order valence-corrected chi connectivity index (χ0v) is 10.5. The molecule has 1 N–H and O–H groups in total. The van der Waals surface area contributed by atoms with Crippen LogP contribution in [-0.4, -0.2) is 5.11 Å². The third kappa shape index (κ3) is 2.35. The Labute approximate surface area is 97.4 Å². The van der Waals surface area contributed by atoms with Crippen LogP contribution in [0.1, 0.15) is 5.56 Å². The van der Waals surface area contributed by atoms with Crippen LogP contribution in [0.5, 0.6) is 5.75 Å². The van der Waals surface area contributed by atoms with Crippen molar-refractivity contribution in [2.45, 2.75) is 5.88 Å². The molecule has 0 aliphatic heterocycles. The largest absolute Gasteiger partial charge is 0.508 e. The molecule has 0 amide bonds. The van der Waals surface area contributed by atoms with E-state index in [9.17, 15) is 5.11 Å². The highest BCUT2D eigenvalue weighted by molar-refractivity contribution is 14.1. The molecular weight excluding hydrogens is 389 g/mol. The van der Waals surface area contributed by atoms with E-state index >= 15 is 0 Å². The normalized spacial score (nSPS) is 10.1. The van der Waals surface area contributed by atoms with Crippen molar-refractivity contribution in [3.05, 3.63) is 24.8 Å². The van der Waals surface area contributed by atoms with E-state index in [1.54, 1.807) is 12.1 Å². The summed E-state index contributed by atoms with van der Waals surface area (Å²) in [5, 5.41) is 9.18. The molecule has 1 aromatic carbocycles. The SMILES string of the molecule is Oc1cc(I)c(I)c(CCl)c1. The van der Waals surface area contributed by atoms with Crippen LogP contribution in [0.25, 0.3) is 0 Å². The van der Waals surface area contributed by atoms with Crippen LogP contribution < -0.4 is 0 Å². The number of phenolic OH excluding ortho intramolecular Hbond substituents is 1. The van der Waals surface area contributed by atoms with Gasteiger partial charge in [0.2, 0.25) is 0 Å². The highest BCUT2D eigenvalue weighted by Gasteiger charge is 2.04. The predicted octanol–water partition coefficient (Wildman–Crippen LogP) is 3.34. The molecule has 0 atom stereocenters. The van der Waals surface area contributed by atoms with Gasteiger partial charge >= 0.3 is 0 Å². The number of alkyl halides is 1. The molecule has 0 aliphatic carbocycles. The smallest absolute Gasteiger partial charge is 0.117 e. The van der Waals surface area contributed by atoms with E-state index in [-0.39, 0.29) is 5.75 Å². The molecule has 0 aromatic heterocycles. The van der Waals surface area contributed by atoms with E-state index in [2.05, 4.69) is 45.2 Å². The molecular formula is C7H5ClI2O. The Kier molecular flexibility index (Phi) is 3.70. The molecule has 0 unspecified atom stereocenters. The molecule has 60 valence electrons. The summed E-state index contributed by atoms with van der Waals surface area (Å²) in [6, 6.07) is 3.41. The maximum Gasteiger partial charge on any atom is 0.117 e. The number of hydrogen-bond donors (Lipinski definition) is 1. The average Bonchev–Trinajstić information content (AvgIpc) is 1.96. The predicted molar refractivity (Wildman–Crippen MR) is 63.1 cm³/mol. The van der Waals surface area contributed by atoms with Crippen molar-refractivity contribution in [1.29, 1.82) is 0 Å². The molecule has 0 saturated heterocycles. The van der Waals surface area contributed by atoms with Crippen LogP contribution in [0.2, 0.25) is 0 Å². The van der Waals surface area contributed by atoms with Gasteiger partial charge in [0.25, 0.3) is 0 Å². The number of hydrogen-bond acceptors (Lipinski definition) is 1. The first-order valence-corrected chi connectivity index (χ1v) is 5.57. The van der Waals surface area contributed by atoms with Gasteiger partial charge < -0.3 is 5.11 Å². The summed E-state index contributed by atoms with van der Waals surface area (Å²) in [4.78, 5) is 0. The lowest BCUT2D eigenvalue weighted by Crippen LogP contribution is -1.87. The minimum atomic E-state index is 0.283. The van der Waals surface area contributed by atoms with Gasteiger partial charge in [-0.25, -0.2) is 0 Å². The zero-order valence-electron chi connectivity index (χ0n) is 5.44. The van der Waals surface area contributed by atoms with Gasteiger partial charge in [-0.15, -0.1) is 11.6 Å². The molecule has 0 radical (unpaired) electrons. The Balaban J connectivity index is 3.24. The Morgan fingerprint density at radius 3 is 2.55 bits per heavy atom. The van der Waals surface area contributed by atoms with E-state index in [0.717, 1.165) is 12.7 Å². The Morgan fingerprint density at radius 1 is 1.36 bits per heavy atom. The third-order valence-electron chi connectivity index (χ3n) is 1.23. The Morgan fingerprint density at radius 2 is 2.00 bits per heavy atom. The summed E-state index contributed by atoms with van der Waals surface area (Å²) in [5.41, 5.74) is 0.983. The molecule has 0 spiro atoms. The van der Waals surface area contributed by atoms with Crippen LogP contribution in [0.4, 0.5) is 0 Å². The van der Waals surface area contributed by atoms with E-state index in [0.29, 0.717) is 5.88 Å². The minimum Gasteiger partial charge on any atom is -0.508 e. The first-order valence-electron chi connectivity index (χ1n) is 2.88. The molecule has 4 heteroatoms.